The number of benzene rings is 2. The van der Waals surface area contributed by atoms with Gasteiger partial charge in [-0.2, -0.15) is 10.4 Å². The van der Waals surface area contributed by atoms with Gasteiger partial charge < -0.3 is 4.74 Å². The molecule has 0 radical (unpaired) electrons. The second-order valence-corrected chi connectivity index (χ2v) is 5.64. The molecule has 1 heterocycles. The van der Waals surface area contributed by atoms with Gasteiger partial charge in [-0.1, -0.05) is 60.7 Å². The molecule has 0 amide bonds. The molecule has 0 aliphatic heterocycles. The lowest BCUT2D eigenvalue weighted by molar-refractivity contribution is -0.135. The number of hydrogen-bond acceptors (Lipinski definition) is 4. The van der Waals surface area contributed by atoms with Gasteiger partial charge in [0.15, 0.2) is 0 Å². The number of carbonyl (C=O) groups is 1. The van der Waals surface area contributed by atoms with Gasteiger partial charge in [0.2, 0.25) is 0 Å². The average Bonchev–Trinajstić information content (AvgIpc) is 3.09. The number of aromatic nitrogens is 2. The second kappa shape index (κ2) is 7.95. The number of carbonyl (C=O) groups excluding carboxylic acids is 1. The van der Waals surface area contributed by atoms with Crippen molar-refractivity contribution in [2.75, 3.05) is 7.11 Å². The maximum Gasteiger partial charge on any atom is 0.348 e. The molecule has 0 unspecified atom stereocenters. The maximum absolute atomic E-state index is 11.8. The fourth-order valence-corrected chi connectivity index (χ4v) is 2.62. The third kappa shape index (κ3) is 3.87. The van der Waals surface area contributed by atoms with Crippen LogP contribution in [-0.2, 0) is 16.1 Å². The van der Waals surface area contributed by atoms with Crippen LogP contribution < -0.4 is 0 Å². The fraction of sp³-hybridized carbons (Fsp3) is 0.0952. The summed E-state index contributed by atoms with van der Waals surface area (Å²) in [4.78, 5) is 11.8. The molecule has 2 aromatic carbocycles. The average molecular weight is 343 g/mol. The van der Waals surface area contributed by atoms with Crippen LogP contribution >= 0.6 is 0 Å². The Morgan fingerprint density at radius 3 is 2.42 bits per heavy atom. The van der Waals surface area contributed by atoms with Crippen molar-refractivity contribution in [3.8, 4) is 17.3 Å². The van der Waals surface area contributed by atoms with Gasteiger partial charge in [-0.15, -0.1) is 0 Å². The Morgan fingerprint density at radius 2 is 1.81 bits per heavy atom. The summed E-state index contributed by atoms with van der Waals surface area (Å²) in [6, 6.07) is 21.5. The molecular weight excluding hydrogens is 326 g/mol. The van der Waals surface area contributed by atoms with E-state index in [2.05, 4.69) is 9.84 Å². The molecule has 0 bridgehead atoms. The fourth-order valence-electron chi connectivity index (χ4n) is 2.62. The molecule has 3 aromatic rings. The predicted octanol–water partition coefficient (Wildman–Crippen LogP) is 3.68. The topological polar surface area (TPSA) is 67.9 Å². The summed E-state index contributed by atoms with van der Waals surface area (Å²) < 4.78 is 6.47. The van der Waals surface area contributed by atoms with E-state index in [4.69, 9.17) is 0 Å². The van der Waals surface area contributed by atoms with Crippen LogP contribution in [-0.4, -0.2) is 22.9 Å². The molecule has 0 fully saturated rings. The Kier molecular flexibility index (Phi) is 5.25. The number of nitriles is 1. The standard InChI is InChI=1S/C21H17N3O2/c1-26-21(25)18(13-22)12-19-15-24(14-16-8-4-2-5-9-16)23-20(19)17-10-6-3-7-11-17/h2-12,15H,14H2,1H3. The first kappa shape index (κ1) is 17.2. The quantitative estimate of drug-likeness (QED) is 0.403. The molecule has 0 aliphatic rings. The molecule has 0 saturated heterocycles. The third-order valence-corrected chi connectivity index (χ3v) is 3.85. The predicted molar refractivity (Wildman–Crippen MR) is 98.8 cm³/mol. The smallest absolute Gasteiger partial charge is 0.348 e. The molecule has 5 nitrogen and oxygen atoms in total. The van der Waals surface area contributed by atoms with Gasteiger partial charge in [0, 0.05) is 17.3 Å². The highest BCUT2D eigenvalue weighted by atomic mass is 16.5. The van der Waals surface area contributed by atoms with E-state index in [0.29, 0.717) is 17.8 Å². The SMILES string of the molecule is COC(=O)C(C#N)=Cc1cn(Cc2ccccc2)nc1-c1ccccc1. The van der Waals surface area contributed by atoms with Crippen LogP contribution in [0, 0.1) is 11.3 Å². The molecular formula is C21H17N3O2. The number of nitrogens with zero attached hydrogens (tertiary/aromatic N) is 3. The van der Waals surface area contributed by atoms with Crippen molar-refractivity contribution in [2.45, 2.75) is 6.54 Å². The van der Waals surface area contributed by atoms with Crippen LogP contribution in [0.5, 0.6) is 0 Å². The molecule has 0 atom stereocenters. The molecule has 5 heteroatoms. The van der Waals surface area contributed by atoms with Crippen molar-refractivity contribution in [3.63, 3.8) is 0 Å². The van der Waals surface area contributed by atoms with Crippen LogP contribution in [0.2, 0.25) is 0 Å². The minimum absolute atomic E-state index is 0.0658. The number of rotatable bonds is 5. The van der Waals surface area contributed by atoms with Gasteiger partial charge in [-0.25, -0.2) is 4.79 Å². The zero-order chi connectivity index (χ0) is 18.4. The molecule has 1 aromatic heterocycles. The van der Waals surface area contributed by atoms with E-state index < -0.39 is 5.97 Å². The van der Waals surface area contributed by atoms with E-state index in [-0.39, 0.29) is 5.57 Å². The van der Waals surface area contributed by atoms with Crippen LogP contribution in [0.4, 0.5) is 0 Å². The van der Waals surface area contributed by atoms with E-state index in [1.54, 1.807) is 4.68 Å². The van der Waals surface area contributed by atoms with Crippen LogP contribution in [0.25, 0.3) is 17.3 Å². The monoisotopic (exact) mass is 343 g/mol. The summed E-state index contributed by atoms with van der Waals surface area (Å²) >= 11 is 0. The van der Waals surface area contributed by atoms with Gasteiger partial charge in [-0.3, -0.25) is 4.68 Å². The van der Waals surface area contributed by atoms with Gasteiger partial charge >= 0.3 is 5.97 Å². The van der Waals surface area contributed by atoms with Gasteiger partial charge in [0.25, 0.3) is 0 Å². The normalized spacial score (nSPS) is 11.0. The number of methoxy groups -OCH3 is 1. The van der Waals surface area contributed by atoms with Crippen molar-refractivity contribution < 1.29 is 9.53 Å². The lowest BCUT2D eigenvalue weighted by Crippen LogP contribution is -2.02. The molecule has 3 rings (SSSR count). The van der Waals surface area contributed by atoms with Crippen molar-refractivity contribution >= 4 is 12.0 Å². The third-order valence-electron chi connectivity index (χ3n) is 3.85. The lowest BCUT2D eigenvalue weighted by atomic mass is 10.1. The summed E-state index contributed by atoms with van der Waals surface area (Å²) in [5.74, 6) is -0.665. The summed E-state index contributed by atoms with van der Waals surface area (Å²) in [5, 5.41) is 13.9. The molecule has 0 aliphatic carbocycles. The van der Waals surface area contributed by atoms with Crippen molar-refractivity contribution in [2.24, 2.45) is 0 Å². The Morgan fingerprint density at radius 1 is 1.15 bits per heavy atom. The Hall–Kier alpha value is -3.65. The van der Waals surface area contributed by atoms with Crippen LogP contribution in [0.1, 0.15) is 11.1 Å². The van der Waals surface area contributed by atoms with E-state index in [1.165, 1.54) is 13.2 Å². The van der Waals surface area contributed by atoms with Crippen molar-refractivity contribution in [1.29, 1.82) is 5.26 Å². The highest BCUT2D eigenvalue weighted by molar-refractivity contribution is 5.98. The zero-order valence-corrected chi connectivity index (χ0v) is 14.3. The lowest BCUT2D eigenvalue weighted by Gasteiger charge is -2.01. The highest BCUT2D eigenvalue weighted by Gasteiger charge is 2.14. The summed E-state index contributed by atoms with van der Waals surface area (Å²) in [5.41, 5.74) is 3.35. The maximum atomic E-state index is 11.8. The number of ether oxygens (including phenoxy) is 1. The van der Waals surface area contributed by atoms with E-state index in [1.807, 2.05) is 72.9 Å². The molecule has 26 heavy (non-hydrogen) atoms. The van der Waals surface area contributed by atoms with Crippen molar-refractivity contribution in [1.82, 2.24) is 9.78 Å². The summed E-state index contributed by atoms with van der Waals surface area (Å²) in [7, 11) is 1.25. The van der Waals surface area contributed by atoms with Crippen LogP contribution in [0.15, 0.2) is 72.4 Å². The van der Waals surface area contributed by atoms with Gasteiger partial charge in [-0.05, 0) is 11.6 Å². The van der Waals surface area contributed by atoms with E-state index in [0.717, 1.165) is 11.1 Å². The largest absolute Gasteiger partial charge is 0.465 e. The highest BCUT2D eigenvalue weighted by Crippen LogP contribution is 2.24. The first-order valence-corrected chi connectivity index (χ1v) is 8.08. The van der Waals surface area contributed by atoms with Gasteiger partial charge in [0.1, 0.15) is 11.6 Å². The molecule has 0 spiro atoms. The minimum Gasteiger partial charge on any atom is -0.465 e. The first-order valence-electron chi connectivity index (χ1n) is 8.08. The number of hydrogen-bond donors (Lipinski definition) is 0. The Labute approximate surface area is 151 Å². The van der Waals surface area contributed by atoms with E-state index in [9.17, 15) is 10.1 Å². The Balaban J connectivity index is 2.05. The van der Waals surface area contributed by atoms with Crippen LogP contribution in [0.3, 0.4) is 0 Å². The molecule has 0 saturated carbocycles. The molecule has 0 N–H and O–H groups in total. The second-order valence-electron chi connectivity index (χ2n) is 5.64. The Bertz CT molecular complexity index is 967. The van der Waals surface area contributed by atoms with Crippen molar-refractivity contribution in [3.05, 3.63) is 83.6 Å². The zero-order valence-electron chi connectivity index (χ0n) is 14.3. The number of esters is 1. The summed E-state index contributed by atoms with van der Waals surface area (Å²) in [6.45, 7) is 0.592. The molecule has 128 valence electrons. The minimum atomic E-state index is -0.665. The summed E-state index contributed by atoms with van der Waals surface area (Å²) in [6.07, 6.45) is 3.35. The van der Waals surface area contributed by atoms with Gasteiger partial charge in [0.05, 0.1) is 19.3 Å². The first-order chi connectivity index (χ1) is 12.7. The van der Waals surface area contributed by atoms with E-state index >= 15 is 0 Å².